The van der Waals surface area contributed by atoms with Crippen LogP contribution in [0.4, 0.5) is 11.4 Å². The van der Waals surface area contributed by atoms with Gasteiger partial charge < -0.3 is 5.32 Å². The summed E-state index contributed by atoms with van der Waals surface area (Å²) in [5, 5.41) is 2.99. The van der Waals surface area contributed by atoms with Crippen LogP contribution in [0.25, 0.3) is 0 Å². The number of amides is 1. The SMILES string of the molecule is CCC(C(=O)Nc1ccc2c(c1)N(S(=O)(=O)c1ccccc1)CCC2)c1ccccc1. The average Bonchev–Trinajstić information content (AvgIpc) is 2.80. The Morgan fingerprint density at radius 3 is 2.35 bits per heavy atom. The molecule has 3 aromatic carbocycles. The summed E-state index contributed by atoms with van der Waals surface area (Å²) in [7, 11) is -3.66. The summed E-state index contributed by atoms with van der Waals surface area (Å²) < 4.78 is 28.0. The van der Waals surface area contributed by atoms with Gasteiger partial charge in [-0.15, -0.1) is 0 Å². The van der Waals surface area contributed by atoms with E-state index in [0.717, 1.165) is 24.0 Å². The highest BCUT2D eigenvalue weighted by molar-refractivity contribution is 7.92. The van der Waals surface area contributed by atoms with Crippen molar-refractivity contribution in [2.75, 3.05) is 16.2 Å². The summed E-state index contributed by atoms with van der Waals surface area (Å²) in [5.41, 5.74) is 3.18. The third-order valence-corrected chi connectivity index (χ3v) is 7.51. The second-order valence-electron chi connectivity index (χ2n) is 7.70. The molecule has 1 aliphatic rings. The maximum absolute atomic E-state index is 13.3. The Labute approximate surface area is 183 Å². The average molecular weight is 435 g/mol. The molecule has 0 aromatic heterocycles. The highest BCUT2D eigenvalue weighted by atomic mass is 32.2. The summed E-state index contributed by atoms with van der Waals surface area (Å²) in [6.45, 7) is 2.40. The summed E-state index contributed by atoms with van der Waals surface area (Å²) in [6, 6.07) is 23.7. The van der Waals surface area contributed by atoms with Crippen LogP contribution in [-0.2, 0) is 21.2 Å². The normalized spacial score (nSPS) is 14.5. The molecule has 1 N–H and O–H groups in total. The molecule has 0 radical (unpaired) electrons. The van der Waals surface area contributed by atoms with Crippen molar-refractivity contribution in [1.29, 1.82) is 0 Å². The molecular weight excluding hydrogens is 408 g/mol. The quantitative estimate of drug-likeness (QED) is 0.596. The standard InChI is InChI=1S/C25H26N2O3S/c1-2-23(19-10-5-3-6-11-19)25(28)26-21-16-15-20-12-9-17-27(24(20)18-21)31(29,30)22-13-7-4-8-14-22/h3-8,10-11,13-16,18,23H,2,9,12,17H2,1H3,(H,26,28). The molecule has 6 heteroatoms. The maximum atomic E-state index is 13.3. The third kappa shape index (κ3) is 4.35. The van der Waals surface area contributed by atoms with Crippen LogP contribution >= 0.6 is 0 Å². The van der Waals surface area contributed by atoms with Crippen molar-refractivity contribution in [3.05, 3.63) is 90.0 Å². The lowest BCUT2D eigenvalue weighted by Gasteiger charge is -2.31. The number of fused-ring (bicyclic) bond motifs is 1. The molecule has 0 saturated carbocycles. The molecule has 1 atom stereocenters. The van der Waals surface area contributed by atoms with E-state index >= 15 is 0 Å². The van der Waals surface area contributed by atoms with E-state index in [1.165, 1.54) is 4.31 Å². The van der Waals surface area contributed by atoms with Gasteiger partial charge in [-0.1, -0.05) is 61.5 Å². The first-order chi connectivity index (χ1) is 15.0. The predicted molar refractivity (Wildman–Crippen MR) is 124 cm³/mol. The molecule has 4 rings (SSSR count). The van der Waals surface area contributed by atoms with Gasteiger partial charge in [0.2, 0.25) is 5.91 Å². The minimum atomic E-state index is -3.66. The Morgan fingerprint density at radius 1 is 1.00 bits per heavy atom. The number of carbonyl (C=O) groups excluding carboxylic acids is 1. The smallest absolute Gasteiger partial charge is 0.264 e. The monoisotopic (exact) mass is 434 g/mol. The fourth-order valence-electron chi connectivity index (χ4n) is 4.08. The van der Waals surface area contributed by atoms with E-state index in [-0.39, 0.29) is 16.7 Å². The molecule has 1 aliphatic heterocycles. The second kappa shape index (κ2) is 8.94. The lowest BCUT2D eigenvalue weighted by molar-refractivity contribution is -0.117. The van der Waals surface area contributed by atoms with E-state index in [2.05, 4.69) is 5.32 Å². The van der Waals surface area contributed by atoms with Gasteiger partial charge in [0.25, 0.3) is 10.0 Å². The zero-order valence-electron chi connectivity index (χ0n) is 17.5. The van der Waals surface area contributed by atoms with E-state index in [1.807, 2.05) is 49.4 Å². The number of rotatable bonds is 6. The number of nitrogens with one attached hydrogen (secondary N) is 1. The fraction of sp³-hybridized carbons (Fsp3) is 0.240. The van der Waals surface area contributed by atoms with Gasteiger partial charge in [-0.3, -0.25) is 9.10 Å². The number of carbonyl (C=O) groups is 1. The van der Waals surface area contributed by atoms with Gasteiger partial charge in [0.15, 0.2) is 0 Å². The lowest BCUT2D eigenvalue weighted by Crippen LogP contribution is -2.35. The van der Waals surface area contributed by atoms with Crippen molar-refractivity contribution in [2.24, 2.45) is 0 Å². The molecule has 0 spiro atoms. The van der Waals surface area contributed by atoms with Gasteiger partial charge in [0.05, 0.1) is 16.5 Å². The van der Waals surface area contributed by atoms with Gasteiger partial charge in [-0.25, -0.2) is 8.42 Å². The minimum absolute atomic E-state index is 0.0954. The van der Waals surface area contributed by atoms with Crippen molar-refractivity contribution in [1.82, 2.24) is 0 Å². The van der Waals surface area contributed by atoms with E-state index in [4.69, 9.17) is 0 Å². The number of nitrogens with zero attached hydrogens (tertiary/aromatic N) is 1. The predicted octanol–water partition coefficient (Wildman–Crippen LogP) is 4.96. The van der Waals surface area contributed by atoms with E-state index in [9.17, 15) is 13.2 Å². The molecule has 1 heterocycles. The molecule has 31 heavy (non-hydrogen) atoms. The van der Waals surface area contributed by atoms with E-state index < -0.39 is 10.0 Å². The van der Waals surface area contributed by atoms with Crippen LogP contribution in [0, 0.1) is 0 Å². The molecule has 160 valence electrons. The van der Waals surface area contributed by atoms with Crippen LogP contribution in [0.1, 0.15) is 36.8 Å². The number of aryl methyl sites for hydroxylation is 1. The van der Waals surface area contributed by atoms with Gasteiger partial charge >= 0.3 is 0 Å². The number of anilines is 2. The first-order valence-electron chi connectivity index (χ1n) is 10.6. The first kappa shape index (κ1) is 21.1. The Morgan fingerprint density at radius 2 is 1.68 bits per heavy atom. The maximum Gasteiger partial charge on any atom is 0.264 e. The summed E-state index contributed by atoms with van der Waals surface area (Å²) in [6.07, 6.45) is 2.25. The third-order valence-electron chi connectivity index (χ3n) is 5.69. The molecule has 0 aliphatic carbocycles. The Kier molecular flexibility index (Phi) is 6.09. The number of benzene rings is 3. The fourth-order valence-corrected chi connectivity index (χ4v) is 5.63. The van der Waals surface area contributed by atoms with Gasteiger partial charge in [0, 0.05) is 12.2 Å². The van der Waals surface area contributed by atoms with Crippen molar-refractivity contribution in [3.8, 4) is 0 Å². The Balaban J connectivity index is 1.63. The van der Waals surface area contributed by atoms with Crippen molar-refractivity contribution in [3.63, 3.8) is 0 Å². The molecule has 1 amide bonds. The first-order valence-corrected chi connectivity index (χ1v) is 12.0. The van der Waals surface area contributed by atoms with E-state index in [1.54, 1.807) is 36.4 Å². The number of hydrogen-bond acceptors (Lipinski definition) is 3. The second-order valence-corrected chi connectivity index (χ2v) is 9.56. The number of sulfonamides is 1. The van der Waals surface area contributed by atoms with Crippen molar-refractivity contribution in [2.45, 2.75) is 37.0 Å². The Bertz CT molecular complexity index is 1160. The van der Waals surface area contributed by atoms with Gasteiger partial charge in [-0.05, 0) is 54.7 Å². The molecule has 0 saturated heterocycles. The zero-order chi connectivity index (χ0) is 21.8. The van der Waals surface area contributed by atoms with Gasteiger partial charge in [-0.2, -0.15) is 0 Å². The van der Waals surface area contributed by atoms with Crippen LogP contribution in [0.2, 0.25) is 0 Å². The van der Waals surface area contributed by atoms with Crippen LogP contribution < -0.4 is 9.62 Å². The van der Waals surface area contributed by atoms with E-state index in [0.29, 0.717) is 24.3 Å². The highest BCUT2D eigenvalue weighted by Gasteiger charge is 2.29. The van der Waals surface area contributed by atoms with Crippen LogP contribution in [0.3, 0.4) is 0 Å². The van der Waals surface area contributed by atoms with Crippen LogP contribution in [0.15, 0.2) is 83.8 Å². The largest absolute Gasteiger partial charge is 0.325 e. The topological polar surface area (TPSA) is 66.5 Å². The van der Waals surface area contributed by atoms with Crippen molar-refractivity contribution >= 4 is 27.3 Å². The summed E-state index contributed by atoms with van der Waals surface area (Å²) >= 11 is 0. The molecule has 0 bridgehead atoms. The summed E-state index contributed by atoms with van der Waals surface area (Å²) in [5.74, 6) is -0.358. The molecular formula is C25H26N2O3S. The molecule has 1 unspecified atom stereocenters. The Hall–Kier alpha value is -3.12. The zero-order valence-corrected chi connectivity index (χ0v) is 18.3. The summed E-state index contributed by atoms with van der Waals surface area (Å²) in [4.78, 5) is 13.2. The highest BCUT2D eigenvalue weighted by Crippen LogP contribution is 2.34. The van der Waals surface area contributed by atoms with Crippen molar-refractivity contribution < 1.29 is 13.2 Å². The molecule has 0 fully saturated rings. The van der Waals surface area contributed by atoms with Gasteiger partial charge in [0.1, 0.15) is 0 Å². The lowest BCUT2D eigenvalue weighted by atomic mass is 9.95. The molecule has 3 aromatic rings. The van der Waals surface area contributed by atoms with Crippen LogP contribution in [-0.4, -0.2) is 20.9 Å². The minimum Gasteiger partial charge on any atom is -0.325 e. The molecule has 5 nitrogen and oxygen atoms in total. The number of hydrogen-bond donors (Lipinski definition) is 1. The van der Waals surface area contributed by atoms with Crippen LogP contribution in [0.5, 0.6) is 0 Å².